The van der Waals surface area contributed by atoms with Crippen LogP contribution < -0.4 is 0 Å². The number of ether oxygens (including phenoxy) is 1. The fourth-order valence-electron chi connectivity index (χ4n) is 2.62. The molecular weight excluding hydrogens is 238 g/mol. The zero-order chi connectivity index (χ0) is 14.8. The van der Waals surface area contributed by atoms with Gasteiger partial charge in [-0.15, -0.1) is 0 Å². The van der Waals surface area contributed by atoms with E-state index in [0.29, 0.717) is 12.5 Å². The highest BCUT2D eigenvalue weighted by Crippen LogP contribution is 2.70. The van der Waals surface area contributed by atoms with Crippen molar-refractivity contribution in [1.29, 1.82) is 5.26 Å². The number of allylic oxidation sites excluding steroid dienone is 2. The minimum Gasteiger partial charge on any atom is -0.464 e. The molecule has 3 heteroatoms. The van der Waals surface area contributed by atoms with E-state index >= 15 is 0 Å². The van der Waals surface area contributed by atoms with Crippen molar-refractivity contribution < 1.29 is 9.53 Å². The Morgan fingerprint density at radius 2 is 2.00 bits per heavy atom. The fraction of sp³-hybridized carbons (Fsp3) is 0.750. The molecule has 2 atom stereocenters. The van der Waals surface area contributed by atoms with Crippen molar-refractivity contribution in [3.8, 4) is 6.07 Å². The third-order valence-corrected chi connectivity index (χ3v) is 4.10. The van der Waals surface area contributed by atoms with Crippen molar-refractivity contribution in [3.05, 3.63) is 11.6 Å². The molecule has 0 aromatic heterocycles. The van der Waals surface area contributed by atoms with E-state index < -0.39 is 5.41 Å². The largest absolute Gasteiger partial charge is 0.464 e. The maximum Gasteiger partial charge on any atom is 0.327 e. The Kier molecular flexibility index (Phi) is 4.45. The van der Waals surface area contributed by atoms with Crippen LogP contribution in [0.3, 0.4) is 0 Å². The van der Waals surface area contributed by atoms with Gasteiger partial charge in [-0.05, 0) is 26.2 Å². The van der Waals surface area contributed by atoms with E-state index in [1.54, 1.807) is 0 Å². The molecule has 1 aliphatic rings. The molecule has 0 amide bonds. The molecule has 1 saturated carbocycles. The number of carbonyl (C=O) groups is 1. The molecule has 0 aromatic rings. The number of nitriles is 1. The summed E-state index contributed by atoms with van der Waals surface area (Å²) in [6, 6.07) is 2.22. The highest BCUT2D eigenvalue weighted by Gasteiger charge is 2.76. The molecule has 2 unspecified atom stereocenters. The minimum atomic E-state index is -0.999. The molecule has 1 aliphatic carbocycles. The third-order valence-electron chi connectivity index (χ3n) is 4.10. The van der Waals surface area contributed by atoms with Gasteiger partial charge in [-0.3, -0.25) is 4.79 Å². The van der Waals surface area contributed by atoms with Crippen LogP contribution in [0, 0.1) is 34.0 Å². The van der Waals surface area contributed by atoms with Crippen LogP contribution in [0.4, 0.5) is 0 Å². The fourth-order valence-corrected chi connectivity index (χ4v) is 2.62. The molecule has 0 spiro atoms. The van der Waals surface area contributed by atoms with Crippen LogP contribution in [-0.4, -0.2) is 12.6 Å². The first kappa shape index (κ1) is 15.8. The molecule has 1 rings (SSSR count). The molecule has 106 valence electrons. The molecule has 0 aromatic carbocycles. The van der Waals surface area contributed by atoms with Gasteiger partial charge < -0.3 is 4.74 Å². The van der Waals surface area contributed by atoms with Gasteiger partial charge in [-0.25, -0.2) is 0 Å². The lowest BCUT2D eigenvalue weighted by molar-refractivity contribution is -0.149. The molecule has 0 aliphatic heterocycles. The second-order valence-corrected chi connectivity index (χ2v) is 6.68. The van der Waals surface area contributed by atoms with E-state index in [-0.39, 0.29) is 17.3 Å². The molecule has 0 radical (unpaired) electrons. The highest BCUT2D eigenvalue weighted by molar-refractivity contribution is 5.87. The predicted molar refractivity (Wildman–Crippen MR) is 75.2 cm³/mol. The molecule has 3 nitrogen and oxygen atoms in total. The quantitative estimate of drug-likeness (QED) is 0.561. The molecule has 0 saturated heterocycles. The Bertz CT molecular complexity index is 425. The first-order valence-corrected chi connectivity index (χ1v) is 6.93. The van der Waals surface area contributed by atoms with Crippen LogP contribution in [0.25, 0.3) is 0 Å². The summed E-state index contributed by atoms with van der Waals surface area (Å²) >= 11 is 0. The van der Waals surface area contributed by atoms with Crippen molar-refractivity contribution in [1.82, 2.24) is 0 Å². The molecule has 0 bridgehead atoms. The van der Waals surface area contributed by atoms with Crippen LogP contribution in [0.5, 0.6) is 0 Å². The van der Waals surface area contributed by atoms with E-state index in [0.717, 1.165) is 12.0 Å². The summed E-state index contributed by atoms with van der Waals surface area (Å²) in [6.07, 6.45) is 2.86. The van der Waals surface area contributed by atoms with Gasteiger partial charge in [0.15, 0.2) is 5.41 Å². The summed E-state index contributed by atoms with van der Waals surface area (Å²) in [5.41, 5.74) is -0.208. The topological polar surface area (TPSA) is 50.1 Å². The summed E-state index contributed by atoms with van der Waals surface area (Å²) in [6.45, 7) is 12.5. The van der Waals surface area contributed by atoms with Crippen molar-refractivity contribution in [2.24, 2.45) is 22.7 Å². The molecule has 19 heavy (non-hydrogen) atoms. The lowest BCUT2D eigenvalue weighted by atomic mass is 9.98. The Morgan fingerprint density at radius 1 is 1.42 bits per heavy atom. The van der Waals surface area contributed by atoms with Crippen LogP contribution in [0.2, 0.25) is 0 Å². The van der Waals surface area contributed by atoms with Crippen molar-refractivity contribution in [2.75, 3.05) is 6.61 Å². The summed E-state index contributed by atoms with van der Waals surface area (Å²) in [4.78, 5) is 12.3. The molecule has 1 fully saturated rings. The van der Waals surface area contributed by atoms with Gasteiger partial charge in [-0.1, -0.05) is 39.3 Å². The normalized spacial score (nSPS) is 27.6. The van der Waals surface area contributed by atoms with Gasteiger partial charge in [0.2, 0.25) is 0 Å². The lowest BCUT2D eigenvalue weighted by Crippen LogP contribution is -2.24. The van der Waals surface area contributed by atoms with Gasteiger partial charge in [0.1, 0.15) is 0 Å². The average Bonchev–Trinajstić information content (AvgIpc) is 2.74. The maximum absolute atomic E-state index is 12.3. The smallest absolute Gasteiger partial charge is 0.327 e. The van der Waals surface area contributed by atoms with Crippen molar-refractivity contribution in [2.45, 2.75) is 48.0 Å². The van der Waals surface area contributed by atoms with Gasteiger partial charge in [0.25, 0.3) is 0 Å². The second kappa shape index (κ2) is 5.36. The minimum absolute atomic E-state index is 0.0402. The second-order valence-electron chi connectivity index (χ2n) is 6.68. The van der Waals surface area contributed by atoms with Crippen molar-refractivity contribution in [3.63, 3.8) is 0 Å². The summed E-state index contributed by atoms with van der Waals surface area (Å²) in [5, 5.41) is 9.47. The Morgan fingerprint density at radius 3 is 2.42 bits per heavy atom. The van der Waals surface area contributed by atoms with E-state index in [1.165, 1.54) is 0 Å². The Balaban J connectivity index is 2.81. The number of hydrogen-bond acceptors (Lipinski definition) is 3. The molecule has 0 heterocycles. The van der Waals surface area contributed by atoms with E-state index in [2.05, 4.69) is 19.9 Å². The third kappa shape index (κ3) is 2.68. The SMILES string of the molecule is CC(C)=CC1C(C)(C)C1(C#N)C(=O)OCCC(C)C. The maximum atomic E-state index is 12.3. The summed E-state index contributed by atoms with van der Waals surface area (Å²) in [7, 11) is 0. The molecule has 0 N–H and O–H groups in total. The van der Waals surface area contributed by atoms with Gasteiger partial charge in [0.05, 0.1) is 12.7 Å². The predicted octanol–water partition coefficient (Wildman–Crippen LogP) is 3.71. The van der Waals surface area contributed by atoms with Gasteiger partial charge >= 0.3 is 5.97 Å². The highest BCUT2D eigenvalue weighted by atomic mass is 16.5. The number of nitrogens with zero attached hydrogens (tertiary/aromatic N) is 1. The standard InChI is InChI=1S/C16H25NO2/c1-11(2)7-8-19-14(18)16(10-17)13(9-12(3)4)15(16,5)6/h9,11,13H,7-8H2,1-6H3. The van der Waals surface area contributed by atoms with Gasteiger partial charge in [-0.2, -0.15) is 5.26 Å². The number of hydrogen-bond donors (Lipinski definition) is 0. The zero-order valence-electron chi connectivity index (χ0n) is 12.9. The van der Waals surface area contributed by atoms with Crippen molar-refractivity contribution >= 4 is 5.97 Å². The number of carbonyl (C=O) groups excluding carboxylic acids is 1. The monoisotopic (exact) mass is 263 g/mol. The van der Waals surface area contributed by atoms with E-state index in [1.807, 2.05) is 33.8 Å². The number of rotatable bonds is 5. The zero-order valence-corrected chi connectivity index (χ0v) is 12.9. The first-order valence-electron chi connectivity index (χ1n) is 6.93. The summed E-state index contributed by atoms with van der Waals surface area (Å²) in [5.74, 6) is 0.0938. The van der Waals surface area contributed by atoms with E-state index in [9.17, 15) is 10.1 Å². The van der Waals surface area contributed by atoms with Gasteiger partial charge in [0, 0.05) is 11.3 Å². The summed E-state index contributed by atoms with van der Waals surface area (Å²) < 4.78 is 5.33. The Hall–Kier alpha value is -1.30. The van der Waals surface area contributed by atoms with Crippen LogP contribution in [0.15, 0.2) is 11.6 Å². The van der Waals surface area contributed by atoms with E-state index in [4.69, 9.17) is 4.74 Å². The van der Waals surface area contributed by atoms with Crippen LogP contribution in [-0.2, 0) is 9.53 Å². The van der Waals surface area contributed by atoms with Crippen LogP contribution in [0.1, 0.15) is 48.0 Å². The van der Waals surface area contributed by atoms with Crippen LogP contribution >= 0.6 is 0 Å². The Labute approximate surface area is 116 Å². The lowest BCUT2D eigenvalue weighted by Gasteiger charge is -2.12. The first-order chi connectivity index (χ1) is 8.70. The molecular formula is C16H25NO2. The average molecular weight is 263 g/mol. The number of esters is 1.